The highest BCUT2D eigenvalue weighted by Crippen LogP contribution is 2.44. The van der Waals surface area contributed by atoms with Crippen LogP contribution in [-0.4, -0.2) is 29.5 Å². The average molecular weight is 326 g/mol. The number of rotatable bonds is 2. The van der Waals surface area contributed by atoms with Gasteiger partial charge in [0.25, 0.3) is 0 Å². The van der Waals surface area contributed by atoms with Gasteiger partial charge in [0.2, 0.25) is 0 Å². The summed E-state index contributed by atoms with van der Waals surface area (Å²) in [5.41, 5.74) is -1.04. The number of para-hydroxylation sites is 1. The molecule has 0 spiro atoms. The fourth-order valence-corrected chi connectivity index (χ4v) is 2.71. The van der Waals surface area contributed by atoms with Gasteiger partial charge in [-0.05, 0) is 11.6 Å². The molecule has 3 rings (SSSR count). The van der Waals surface area contributed by atoms with Crippen molar-refractivity contribution in [1.29, 1.82) is 0 Å². The van der Waals surface area contributed by atoms with Crippen LogP contribution in [0.5, 0.6) is 5.75 Å². The maximum absolute atomic E-state index is 13.6. The Hall–Kier alpha value is -2.51. The highest BCUT2D eigenvalue weighted by molar-refractivity contribution is 5.92. The quantitative estimate of drug-likeness (QED) is 0.797. The topological polar surface area (TPSA) is 53.4 Å². The molecule has 0 saturated heterocycles. The molecule has 1 aromatic heterocycles. The molecule has 0 saturated carbocycles. The summed E-state index contributed by atoms with van der Waals surface area (Å²) >= 11 is 0. The van der Waals surface area contributed by atoms with Crippen molar-refractivity contribution >= 4 is 5.97 Å². The molecule has 23 heavy (non-hydrogen) atoms. The first-order valence-electron chi connectivity index (χ1n) is 6.82. The molecular weight excluding hydrogens is 313 g/mol. The molecule has 2 aromatic rings. The van der Waals surface area contributed by atoms with Gasteiger partial charge in [0.15, 0.2) is 5.69 Å². The van der Waals surface area contributed by atoms with Crippen molar-refractivity contribution < 1.29 is 27.4 Å². The van der Waals surface area contributed by atoms with Crippen LogP contribution in [0.4, 0.5) is 13.2 Å². The normalized spacial score (nSPS) is 13.6. The minimum absolute atomic E-state index is 0.220. The number of methoxy groups -OCH3 is 1. The van der Waals surface area contributed by atoms with Gasteiger partial charge in [-0.25, -0.2) is 4.79 Å². The Morgan fingerprint density at radius 2 is 2.13 bits per heavy atom. The van der Waals surface area contributed by atoms with Crippen LogP contribution in [0.2, 0.25) is 0 Å². The predicted octanol–water partition coefficient (Wildman–Crippen LogP) is 2.83. The molecule has 1 aliphatic heterocycles. The third kappa shape index (κ3) is 2.43. The van der Waals surface area contributed by atoms with E-state index in [9.17, 15) is 18.0 Å². The molecule has 1 aliphatic rings. The Bertz CT molecular complexity index is 781. The van der Waals surface area contributed by atoms with Crippen molar-refractivity contribution in [2.75, 3.05) is 13.7 Å². The number of alkyl halides is 3. The molecule has 8 heteroatoms. The first-order valence-corrected chi connectivity index (χ1v) is 6.82. The van der Waals surface area contributed by atoms with Crippen LogP contribution in [0.1, 0.15) is 21.6 Å². The zero-order chi connectivity index (χ0) is 16.8. The van der Waals surface area contributed by atoms with Crippen molar-refractivity contribution in [3.63, 3.8) is 0 Å². The molecular formula is C15H13F3N2O3. The second-order valence-electron chi connectivity index (χ2n) is 5.08. The highest BCUT2D eigenvalue weighted by atomic mass is 19.4. The first-order chi connectivity index (χ1) is 10.8. The number of halogens is 3. The van der Waals surface area contributed by atoms with Crippen LogP contribution < -0.4 is 4.74 Å². The average Bonchev–Trinajstić information content (AvgIpc) is 3.09. The van der Waals surface area contributed by atoms with Crippen LogP contribution in [-0.2, 0) is 24.4 Å². The summed E-state index contributed by atoms with van der Waals surface area (Å²) in [6.45, 7) is 0.407. The number of aromatic nitrogens is 2. The smallest absolute Gasteiger partial charge is 0.420 e. The fraction of sp³-hybridized carbons (Fsp3) is 0.333. The number of fused-ring (bicyclic) bond motifs is 1. The molecule has 0 atom stereocenters. The molecule has 0 radical (unpaired) electrons. The van der Waals surface area contributed by atoms with Gasteiger partial charge in [0.1, 0.15) is 17.0 Å². The maximum Gasteiger partial charge on any atom is 0.420 e. The lowest BCUT2D eigenvalue weighted by molar-refractivity contribution is -0.137. The zero-order valence-electron chi connectivity index (χ0n) is 12.4. The Kier molecular flexibility index (Phi) is 3.54. The number of benzene rings is 1. The van der Waals surface area contributed by atoms with Crippen LogP contribution in [0.25, 0.3) is 11.3 Å². The van der Waals surface area contributed by atoms with E-state index in [1.165, 1.54) is 13.1 Å². The van der Waals surface area contributed by atoms with Crippen LogP contribution in [0.3, 0.4) is 0 Å². The van der Waals surface area contributed by atoms with E-state index in [0.29, 0.717) is 18.8 Å². The Morgan fingerprint density at radius 1 is 1.39 bits per heavy atom. The van der Waals surface area contributed by atoms with Gasteiger partial charge in [0, 0.05) is 19.0 Å². The number of aryl methyl sites for hydroxylation is 1. The number of carbonyl (C=O) groups excluding carboxylic acids is 1. The summed E-state index contributed by atoms with van der Waals surface area (Å²) < 4.78 is 51.5. The molecule has 0 fully saturated rings. The van der Waals surface area contributed by atoms with Crippen LogP contribution in [0.15, 0.2) is 18.2 Å². The van der Waals surface area contributed by atoms with E-state index in [4.69, 9.17) is 4.74 Å². The molecule has 122 valence electrons. The van der Waals surface area contributed by atoms with Crippen molar-refractivity contribution in [3.8, 4) is 17.0 Å². The number of ether oxygens (including phenoxy) is 2. The Balaban J connectivity index is 2.29. The maximum atomic E-state index is 13.6. The van der Waals surface area contributed by atoms with Gasteiger partial charge in [-0.1, -0.05) is 12.1 Å². The second-order valence-corrected chi connectivity index (χ2v) is 5.08. The molecule has 1 aromatic carbocycles. The predicted molar refractivity (Wildman–Crippen MR) is 74.2 cm³/mol. The van der Waals surface area contributed by atoms with E-state index in [1.807, 2.05) is 0 Å². The first kappa shape index (κ1) is 15.4. The lowest BCUT2D eigenvalue weighted by Gasteiger charge is -2.11. The molecule has 0 unspecified atom stereocenters. The minimum Gasteiger partial charge on any atom is -0.492 e. The largest absolute Gasteiger partial charge is 0.492 e. The van der Waals surface area contributed by atoms with E-state index < -0.39 is 23.4 Å². The molecule has 0 amide bonds. The van der Waals surface area contributed by atoms with Gasteiger partial charge in [-0.3, -0.25) is 4.68 Å². The number of esters is 1. The highest BCUT2D eigenvalue weighted by Gasteiger charge is 2.43. The third-order valence-corrected chi connectivity index (χ3v) is 3.68. The second kappa shape index (κ2) is 5.29. The van der Waals surface area contributed by atoms with E-state index in [1.54, 1.807) is 12.1 Å². The summed E-state index contributed by atoms with van der Waals surface area (Å²) in [6, 6.07) is 4.95. The van der Waals surface area contributed by atoms with E-state index in [2.05, 4.69) is 9.84 Å². The number of hydrogen-bond acceptors (Lipinski definition) is 4. The lowest BCUT2D eigenvalue weighted by atomic mass is 10.0. The SMILES string of the molecule is COC(=O)c1c(C(F)(F)F)c(-c2cccc3c2OCC3)nn1C. The van der Waals surface area contributed by atoms with Crippen molar-refractivity contribution in [1.82, 2.24) is 9.78 Å². The van der Waals surface area contributed by atoms with Crippen molar-refractivity contribution in [2.45, 2.75) is 12.6 Å². The van der Waals surface area contributed by atoms with Gasteiger partial charge in [-0.2, -0.15) is 18.3 Å². The molecule has 2 heterocycles. The Morgan fingerprint density at radius 3 is 2.78 bits per heavy atom. The van der Waals surface area contributed by atoms with Crippen LogP contribution >= 0.6 is 0 Å². The molecule has 5 nitrogen and oxygen atoms in total. The fourth-order valence-electron chi connectivity index (χ4n) is 2.71. The van der Waals surface area contributed by atoms with Gasteiger partial charge >= 0.3 is 12.1 Å². The standard InChI is InChI=1S/C15H13F3N2O3/c1-20-12(14(21)22-2)10(15(16,17)18)11(19-20)9-5-3-4-8-6-7-23-13(8)9/h3-5H,6-7H2,1-2H3. The molecule has 0 bridgehead atoms. The third-order valence-electron chi connectivity index (χ3n) is 3.68. The summed E-state index contributed by atoms with van der Waals surface area (Å²) in [5, 5.41) is 3.91. The zero-order valence-corrected chi connectivity index (χ0v) is 12.4. The monoisotopic (exact) mass is 326 g/mol. The summed E-state index contributed by atoms with van der Waals surface area (Å²) in [7, 11) is 2.30. The number of carbonyl (C=O) groups is 1. The summed E-state index contributed by atoms with van der Waals surface area (Å²) in [5.74, 6) is -0.709. The van der Waals surface area contributed by atoms with Gasteiger partial charge in [-0.15, -0.1) is 0 Å². The lowest BCUT2D eigenvalue weighted by Crippen LogP contribution is -2.16. The molecule has 0 aliphatic carbocycles. The Labute approximate surface area is 129 Å². The van der Waals surface area contributed by atoms with Crippen LogP contribution in [0, 0.1) is 0 Å². The van der Waals surface area contributed by atoms with E-state index in [0.717, 1.165) is 17.4 Å². The van der Waals surface area contributed by atoms with Crippen molar-refractivity contribution in [3.05, 3.63) is 35.0 Å². The van der Waals surface area contributed by atoms with E-state index >= 15 is 0 Å². The van der Waals surface area contributed by atoms with Gasteiger partial charge < -0.3 is 9.47 Å². The van der Waals surface area contributed by atoms with Crippen molar-refractivity contribution in [2.24, 2.45) is 7.05 Å². The number of hydrogen-bond donors (Lipinski definition) is 0. The summed E-state index contributed by atoms with van der Waals surface area (Å²) in [6.07, 6.45) is -4.13. The summed E-state index contributed by atoms with van der Waals surface area (Å²) in [4.78, 5) is 11.8. The van der Waals surface area contributed by atoms with E-state index in [-0.39, 0.29) is 11.3 Å². The minimum atomic E-state index is -4.76. The van der Waals surface area contributed by atoms with Gasteiger partial charge in [0.05, 0.1) is 13.7 Å². The number of nitrogens with zero attached hydrogens (tertiary/aromatic N) is 2. The molecule has 0 N–H and O–H groups in total.